The van der Waals surface area contributed by atoms with Crippen LogP contribution in [0.1, 0.15) is 5.56 Å². The molecule has 0 spiro atoms. The first kappa shape index (κ1) is 27.9. The van der Waals surface area contributed by atoms with Gasteiger partial charge in [0.15, 0.2) is 0 Å². The van der Waals surface area contributed by atoms with Gasteiger partial charge in [0.05, 0.1) is 54.5 Å². The minimum atomic E-state index is -3.79. The first-order valence-electron chi connectivity index (χ1n) is 15.6. The van der Waals surface area contributed by atoms with E-state index in [2.05, 4.69) is 105 Å². The van der Waals surface area contributed by atoms with Crippen molar-refractivity contribution >= 4 is 53.7 Å². The molecule has 0 aliphatic rings. The third-order valence-electron chi connectivity index (χ3n) is 9.10. The first-order chi connectivity index (χ1) is 23.6. The van der Waals surface area contributed by atoms with Crippen LogP contribution in [-0.2, 0) is 9.84 Å². The van der Waals surface area contributed by atoms with Crippen LogP contribution in [0, 0.1) is 11.3 Å². The summed E-state index contributed by atoms with van der Waals surface area (Å²) < 4.78 is 34.2. The molecule has 0 radical (unpaired) electrons. The van der Waals surface area contributed by atoms with Crippen molar-refractivity contribution in [2.45, 2.75) is 9.79 Å². The molecule has 6 nitrogen and oxygen atoms in total. The van der Waals surface area contributed by atoms with E-state index in [1.807, 2.05) is 36.4 Å². The van der Waals surface area contributed by atoms with Crippen molar-refractivity contribution in [2.75, 3.05) is 0 Å². The highest BCUT2D eigenvalue weighted by atomic mass is 32.2. The molecule has 0 saturated heterocycles. The second-order valence-corrected chi connectivity index (χ2v) is 13.7. The molecule has 9 aromatic rings. The fraction of sp³-hybridized carbons (Fsp3) is 0. The van der Waals surface area contributed by atoms with E-state index in [1.54, 1.807) is 12.1 Å². The maximum Gasteiger partial charge on any atom is 0.206 e. The Bertz CT molecular complexity index is 2820. The van der Waals surface area contributed by atoms with Crippen LogP contribution in [0.2, 0.25) is 0 Å². The lowest BCUT2D eigenvalue weighted by atomic mass is 10.2. The maximum atomic E-state index is 13.6. The number of nitriles is 1. The lowest BCUT2D eigenvalue weighted by molar-refractivity contribution is 0.596. The predicted molar refractivity (Wildman–Crippen MR) is 191 cm³/mol. The molecule has 0 fully saturated rings. The van der Waals surface area contributed by atoms with Gasteiger partial charge >= 0.3 is 0 Å². The molecule has 0 aliphatic heterocycles. The van der Waals surface area contributed by atoms with Crippen LogP contribution in [-0.4, -0.2) is 22.1 Å². The van der Waals surface area contributed by atoms with Crippen molar-refractivity contribution in [2.24, 2.45) is 0 Å². The quantitative estimate of drug-likeness (QED) is 0.189. The van der Waals surface area contributed by atoms with Crippen LogP contribution in [0.25, 0.3) is 60.9 Å². The zero-order valence-electron chi connectivity index (χ0n) is 25.5. The Balaban J connectivity index is 1.39. The van der Waals surface area contributed by atoms with Gasteiger partial charge in [0.25, 0.3) is 0 Å². The molecule has 0 amide bonds. The van der Waals surface area contributed by atoms with Gasteiger partial charge in [0.1, 0.15) is 0 Å². The van der Waals surface area contributed by atoms with Gasteiger partial charge in [0, 0.05) is 27.8 Å². The molecule has 3 heterocycles. The Morgan fingerprint density at radius 3 is 1.29 bits per heavy atom. The number of hydrogen-bond donors (Lipinski definition) is 0. The Labute approximate surface area is 276 Å². The highest BCUT2D eigenvalue weighted by Gasteiger charge is 2.28. The third kappa shape index (κ3) is 4.00. The topological polar surface area (TPSA) is 72.7 Å². The summed E-state index contributed by atoms with van der Waals surface area (Å²) in [5, 5.41) is 11.4. The highest BCUT2D eigenvalue weighted by Crippen LogP contribution is 2.45. The first-order valence-corrected chi connectivity index (χ1v) is 17.1. The molecule has 7 heteroatoms. The van der Waals surface area contributed by atoms with E-state index in [1.165, 1.54) is 24.3 Å². The van der Waals surface area contributed by atoms with Crippen molar-refractivity contribution in [1.82, 2.24) is 13.7 Å². The Morgan fingerprint density at radius 1 is 0.417 bits per heavy atom. The summed E-state index contributed by atoms with van der Waals surface area (Å²) in [5.41, 5.74) is 9.74. The molecular weight excluding hydrogens is 613 g/mol. The predicted octanol–water partition coefficient (Wildman–Crippen LogP) is 9.38. The largest absolute Gasteiger partial charge is 0.306 e. The van der Waals surface area contributed by atoms with Gasteiger partial charge in [-0.2, -0.15) is 5.26 Å². The zero-order chi connectivity index (χ0) is 32.4. The van der Waals surface area contributed by atoms with Crippen LogP contribution >= 0.6 is 0 Å². The molecule has 3 aromatic heterocycles. The molecule has 0 unspecified atom stereocenters. The average molecular weight is 639 g/mol. The van der Waals surface area contributed by atoms with Crippen LogP contribution in [0.5, 0.6) is 0 Å². The van der Waals surface area contributed by atoms with E-state index in [9.17, 15) is 13.7 Å². The number of nitrogens with zero attached hydrogens (tertiary/aromatic N) is 4. The summed E-state index contributed by atoms with van der Waals surface area (Å²) in [5.74, 6) is 0. The minimum Gasteiger partial charge on any atom is -0.306 e. The van der Waals surface area contributed by atoms with Crippen LogP contribution in [0.15, 0.2) is 168 Å². The van der Waals surface area contributed by atoms with Gasteiger partial charge < -0.3 is 13.7 Å². The number of benzene rings is 6. The summed E-state index contributed by atoms with van der Waals surface area (Å²) in [7, 11) is -3.79. The summed E-state index contributed by atoms with van der Waals surface area (Å²) in [6.07, 6.45) is 0. The van der Waals surface area contributed by atoms with E-state index in [0.29, 0.717) is 5.56 Å². The minimum absolute atomic E-state index is 0.150. The van der Waals surface area contributed by atoms with Crippen LogP contribution in [0.4, 0.5) is 0 Å². The summed E-state index contributed by atoms with van der Waals surface area (Å²) in [6, 6.07) is 52.9. The summed E-state index contributed by atoms with van der Waals surface area (Å²) in [6.45, 7) is 0. The number of hydrogen-bond acceptors (Lipinski definition) is 3. The number of para-hydroxylation sites is 4. The monoisotopic (exact) mass is 638 g/mol. The molecule has 0 bridgehead atoms. The van der Waals surface area contributed by atoms with Gasteiger partial charge in [-0.3, -0.25) is 0 Å². The highest BCUT2D eigenvalue weighted by molar-refractivity contribution is 7.91. The molecule has 0 saturated carbocycles. The SMILES string of the molecule is N#Cc1ccc(S(=O)(=O)c2ccc(-n3c4ccccc4c4c3c3c(c5ccccc5n3-c3ccccc3)n4-c3ccccc3)cc2)cc1. The van der Waals surface area contributed by atoms with E-state index < -0.39 is 9.84 Å². The molecule has 0 N–H and O–H groups in total. The molecule has 0 aliphatic carbocycles. The lowest BCUT2D eigenvalue weighted by Gasteiger charge is -2.11. The second-order valence-electron chi connectivity index (χ2n) is 11.7. The Kier molecular flexibility index (Phi) is 6.16. The van der Waals surface area contributed by atoms with Crippen molar-refractivity contribution in [3.63, 3.8) is 0 Å². The maximum absolute atomic E-state index is 13.6. The molecule has 48 heavy (non-hydrogen) atoms. The van der Waals surface area contributed by atoms with Gasteiger partial charge in [-0.1, -0.05) is 72.8 Å². The molecule has 6 aromatic carbocycles. The van der Waals surface area contributed by atoms with Crippen molar-refractivity contribution < 1.29 is 8.42 Å². The van der Waals surface area contributed by atoms with E-state index >= 15 is 0 Å². The van der Waals surface area contributed by atoms with E-state index in [0.717, 1.165) is 60.9 Å². The van der Waals surface area contributed by atoms with E-state index in [4.69, 9.17) is 0 Å². The number of rotatable bonds is 5. The fourth-order valence-corrected chi connectivity index (χ4v) is 8.27. The molecular formula is C41H26N4O2S. The van der Waals surface area contributed by atoms with Crippen LogP contribution in [0.3, 0.4) is 0 Å². The number of fused-ring (bicyclic) bond motifs is 7. The average Bonchev–Trinajstić information content (AvgIpc) is 3.77. The Morgan fingerprint density at radius 2 is 0.812 bits per heavy atom. The standard InChI is InChI=1S/C41H26N4O2S/c42-27-28-19-23-32(24-20-28)48(46,47)33-25-21-31(22-26-33)44-37-18-10-8-16-35(37)39-41(44)40-38(45(39)30-13-5-2-6-14-30)34-15-7-9-17-36(34)43(40)29-11-3-1-4-12-29/h1-26H. The lowest BCUT2D eigenvalue weighted by Crippen LogP contribution is -2.03. The Hall–Kier alpha value is -6.36. The summed E-state index contributed by atoms with van der Waals surface area (Å²) in [4.78, 5) is 0.339. The second kappa shape index (κ2) is 10.6. The van der Waals surface area contributed by atoms with Crippen LogP contribution < -0.4 is 0 Å². The molecule has 0 atom stereocenters. The van der Waals surface area contributed by atoms with Gasteiger partial charge in [0.2, 0.25) is 9.84 Å². The molecule has 9 rings (SSSR count). The number of sulfone groups is 1. The third-order valence-corrected chi connectivity index (χ3v) is 10.9. The van der Waals surface area contributed by atoms with Gasteiger partial charge in [-0.15, -0.1) is 0 Å². The van der Waals surface area contributed by atoms with Crippen molar-refractivity contribution in [3.05, 3.63) is 163 Å². The van der Waals surface area contributed by atoms with E-state index in [-0.39, 0.29) is 9.79 Å². The van der Waals surface area contributed by atoms with Crippen molar-refractivity contribution in [3.8, 4) is 23.1 Å². The number of aromatic nitrogens is 3. The zero-order valence-corrected chi connectivity index (χ0v) is 26.3. The summed E-state index contributed by atoms with van der Waals surface area (Å²) >= 11 is 0. The molecule has 228 valence electrons. The fourth-order valence-electron chi connectivity index (χ4n) is 7.01. The van der Waals surface area contributed by atoms with Gasteiger partial charge in [-0.25, -0.2) is 8.42 Å². The van der Waals surface area contributed by atoms with Crippen molar-refractivity contribution in [1.29, 1.82) is 5.26 Å². The van der Waals surface area contributed by atoms with Gasteiger partial charge in [-0.05, 0) is 84.9 Å². The normalized spacial score (nSPS) is 11.9. The smallest absolute Gasteiger partial charge is 0.206 e.